The molecule has 3 rings (SSSR count). The summed E-state index contributed by atoms with van der Waals surface area (Å²) in [5, 5.41) is 1.08. The molecule has 0 spiro atoms. The van der Waals surface area contributed by atoms with Crippen molar-refractivity contribution in [3.63, 3.8) is 0 Å². The summed E-state index contributed by atoms with van der Waals surface area (Å²) >= 11 is -1.24. The molecule has 1 N–H and O–H groups in total. The van der Waals surface area contributed by atoms with E-state index in [4.69, 9.17) is 4.99 Å². The van der Waals surface area contributed by atoms with Crippen LogP contribution in [-0.4, -0.2) is 20.6 Å². The molecule has 0 saturated heterocycles. The van der Waals surface area contributed by atoms with E-state index in [0.29, 0.717) is 11.8 Å². The molecule has 0 bridgehead atoms. The predicted molar refractivity (Wildman–Crippen MR) is 138 cm³/mol. The largest absolute Gasteiger partial charge is 0.476 e. The average Bonchev–Trinajstić information content (AvgIpc) is 2.74. The van der Waals surface area contributed by atoms with Crippen LogP contribution in [0.1, 0.15) is 67.3 Å². The smallest absolute Gasteiger partial charge is 0.412 e. The number of hydrogen-bond donors (Lipinski definition) is 1. The van der Waals surface area contributed by atoms with E-state index in [1.165, 1.54) is 33.5 Å². The molecule has 0 fully saturated rings. The summed E-state index contributed by atoms with van der Waals surface area (Å²) < 4.78 is 3.99. The Morgan fingerprint density at radius 1 is 0.839 bits per heavy atom. The summed E-state index contributed by atoms with van der Waals surface area (Å²) in [6.07, 6.45) is 2.02. The van der Waals surface area contributed by atoms with Crippen molar-refractivity contribution in [1.29, 1.82) is 0 Å². The standard InChI is InChI=1S/C15H14N.C12H18N.CH3.Al/c1-12-7-9-15(10-8-12)16-11-14-6-4-3-5-13(14)2;1-8(2)10-6-5-7-11(9(3)4)12(10)13;;/h3-11H,2H2,1H3;5-9,13H,1-4H3;1H3;/q;-1;;+1. The first kappa shape index (κ1) is 23.3. The van der Waals surface area contributed by atoms with Gasteiger partial charge in [0.1, 0.15) is 0 Å². The third kappa shape index (κ3) is 6.33. The lowest BCUT2D eigenvalue weighted by atomic mass is 9.93. The fourth-order valence-corrected chi connectivity index (χ4v) is 5.93. The van der Waals surface area contributed by atoms with Gasteiger partial charge in [-0.15, -0.1) is 0 Å². The molecule has 160 valence electrons. The van der Waals surface area contributed by atoms with Crippen LogP contribution in [0.4, 0.5) is 11.4 Å². The second-order valence-electron chi connectivity index (χ2n) is 9.16. The van der Waals surface area contributed by atoms with E-state index in [2.05, 4.69) is 111 Å². The molecule has 2 nitrogen and oxygen atoms in total. The Balaban J connectivity index is 1.81. The van der Waals surface area contributed by atoms with E-state index in [0.717, 1.165) is 11.0 Å². The number of rotatable bonds is 8. The van der Waals surface area contributed by atoms with Crippen molar-refractivity contribution < 1.29 is 0 Å². The highest BCUT2D eigenvalue weighted by atomic mass is 27.2. The van der Waals surface area contributed by atoms with Gasteiger partial charge in [-0.05, 0) is 52.9 Å². The maximum atomic E-state index is 4.71. The highest BCUT2D eigenvalue weighted by Crippen LogP contribution is 2.32. The maximum Gasteiger partial charge on any atom is 0.412 e. The zero-order chi connectivity index (χ0) is 22.4. The van der Waals surface area contributed by atoms with Gasteiger partial charge >= 0.3 is 14.4 Å². The van der Waals surface area contributed by atoms with Gasteiger partial charge < -0.3 is 4.30 Å². The van der Waals surface area contributed by atoms with Crippen LogP contribution in [0.25, 0.3) is 0 Å². The van der Waals surface area contributed by atoms with E-state index in [1.54, 1.807) is 0 Å². The fraction of sp³-hybridized carbons (Fsp3) is 0.321. The Kier molecular flexibility index (Phi) is 8.13. The van der Waals surface area contributed by atoms with Gasteiger partial charge in [0.05, 0.1) is 5.69 Å². The van der Waals surface area contributed by atoms with Gasteiger partial charge in [-0.3, -0.25) is 4.99 Å². The zero-order valence-corrected chi connectivity index (χ0v) is 21.0. The van der Waals surface area contributed by atoms with Gasteiger partial charge in [0.25, 0.3) is 0 Å². The van der Waals surface area contributed by atoms with E-state index in [-0.39, 0.29) is 0 Å². The molecule has 0 atom stereocenters. The molecular formula is C28H35AlN2. The van der Waals surface area contributed by atoms with Crippen LogP contribution in [0.3, 0.4) is 0 Å². The average molecular weight is 427 g/mol. The zero-order valence-electron chi connectivity index (χ0n) is 19.8. The summed E-state index contributed by atoms with van der Waals surface area (Å²) in [6, 6.07) is 23.8. The van der Waals surface area contributed by atoms with Gasteiger partial charge in [-0.1, -0.05) is 99.2 Å². The molecule has 0 aliphatic carbocycles. The molecule has 0 aliphatic rings. The minimum Gasteiger partial charge on any atom is -0.476 e. The third-order valence-corrected chi connectivity index (χ3v) is 7.57. The van der Waals surface area contributed by atoms with E-state index < -0.39 is 14.4 Å². The topological polar surface area (TPSA) is 24.4 Å². The molecule has 3 aromatic carbocycles. The highest BCUT2D eigenvalue weighted by Gasteiger charge is 2.20. The minimum atomic E-state index is -1.24. The lowest BCUT2D eigenvalue weighted by Gasteiger charge is -2.23. The Labute approximate surface area is 193 Å². The van der Waals surface area contributed by atoms with E-state index >= 15 is 0 Å². The van der Waals surface area contributed by atoms with Gasteiger partial charge in [0, 0.05) is 11.9 Å². The summed E-state index contributed by atoms with van der Waals surface area (Å²) in [4.78, 5) is 4.71. The lowest BCUT2D eigenvalue weighted by Crippen LogP contribution is -2.26. The summed E-state index contributed by atoms with van der Waals surface area (Å²) in [5.41, 5.74) is 9.07. The molecule has 0 unspecified atom stereocenters. The first-order valence-electron chi connectivity index (χ1n) is 11.4. The van der Waals surface area contributed by atoms with Crippen molar-refractivity contribution in [2.24, 2.45) is 4.99 Å². The second-order valence-corrected chi connectivity index (χ2v) is 11.7. The normalized spacial score (nSPS) is 11.5. The van der Waals surface area contributed by atoms with Crippen LogP contribution in [0.2, 0.25) is 5.79 Å². The SMILES string of the molecule is Cc1ccc(N=Cc2ccccc2[CH2][Al]([CH3])[NH]c2c(C(C)C)cccc2C(C)C)cc1. The molecule has 0 aromatic heterocycles. The van der Waals surface area contributed by atoms with Crippen LogP contribution in [0.15, 0.2) is 71.7 Å². The van der Waals surface area contributed by atoms with E-state index in [1.807, 2.05) is 6.21 Å². The summed E-state index contributed by atoms with van der Waals surface area (Å²) in [7, 11) is 0. The number of nitrogens with one attached hydrogen (secondary N) is 1. The number of para-hydroxylation sites is 1. The van der Waals surface area contributed by atoms with Crippen LogP contribution in [0, 0.1) is 6.92 Å². The Morgan fingerprint density at radius 2 is 1.45 bits per heavy atom. The van der Waals surface area contributed by atoms with Crippen molar-refractivity contribution >= 4 is 32.0 Å². The number of aryl methyl sites for hydroxylation is 1. The van der Waals surface area contributed by atoms with Gasteiger partial charge in [-0.2, -0.15) is 0 Å². The third-order valence-electron chi connectivity index (χ3n) is 5.73. The summed E-state index contributed by atoms with van der Waals surface area (Å²) in [6.45, 7) is 11.2. The first-order valence-corrected chi connectivity index (χ1v) is 14.0. The van der Waals surface area contributed by atoms with Crippen molar-refractivity contribution in [3.05, 3.63) is 94.5 Å². The lowest BCUT2D eigenvalue weighted by molar-refractivity contribution is 0.839. The van der Waals surface area contributed by atoms with Gasteiger partial charge in [0.15, 0.2) is 0 Å². The number of benzene rings is 3. The van der Waals surface area contributed by atoms with Crippen molar-refractivity contribution in [3.8, 4) is 0 Å². The molecule has 31 heavy (non-hydrogen) atoms. The van der Waals surface area contributed by atoms with Gasteiger partial charge in [-0.25, -0.2) is 0 Å². The molecule has 0 heterocycles. The van der Waals surface area contributed by atoms with Crippen LogP contribution >= 0.6 is 0 Å². The molecule has 0 radical (unpaired) electrons. The first-order chi connectivity index (χ1) is 14.8. The Hall–Kier alpha value is -2.34. The van der Waals surface area contributed by atoms with Crippen molar-refractivity contribution in [2.45, 2.75) is 57.5 Å². The fourth-order valence-electron chi connectivity index (χ4n) is 3.97. The number of hydrogen-bond acceptors (Lipinski definition) is 2. The molecule has 3 heteroatoms. The monoisotopic (exact) mass is 426 g/mol. The Bertz CT molecular complexity index is 993. The van der Waals surface area contributed by atoms with Gasteiger partial charge in [0.2, 0.25) is 0 Å². The quantitative estimate of drug-likeness (QED) is 0.288. The molecule has 0 saturated carbocycles. The van der Waals surface area contributed by atoms with E-state index in [9.17, 15) is 0 Å². The second kappa shape index (κ2) is 10.8. The number of nitrogens with zero attached hydrogens (tertiary/aromatic N) is 1. The Morgan fingerprint density at radius 3 is 2.06 bits per heavy atom. The van der Waals surface area contributed by atoms with Crippen LogP contribution in [-0.2, 0) is 5.28 Å². The van der Waals surface area contributed by atoms with Crippen LogP contribution in [0.5, 0.6) is 0 Å². The maximum absolute atomic E-state index is 4.71. The summed E-state index contributed by atoms with van der Waals surface area (Å²) in [5.74, 6) is 3.43. The molecule has 0 amide bonds. The van der Waals surface area contributed by atoms with Crippen LogP contribution < -0.4 is 4.30 Å². The predicted octanol–water partition coefficient (Wildman–Crippen LogP) is 7.81. The number of anilines is 1. The molecule has 3 aromatic rings. The van der Waals surface area contributed by atoms with Crippen molar-refractivity contribution in [1.82, 2.24) is 0 Å². The minimum absolute atomic E-state index is 0.510. The molecule has 0 aliphatic heterocycles. The number of aliphatic imine (C=N–C) groups is 1. The molecular weight excluding hydrogens is 391 g/mol. The van der Waals surface area contributed by atoms with Crippen molar-refractivity contribution in [2.75, 3.05) is 4.30 Å². The highest BCUT2D eigenvalue weighted by molar-refractivity contribution is 6.60.